The number of ether oxygens (including phenoxy) is 3. The zero-order chi connectivity index (χ0) is 27.2. The molecule has 2 unspecified atom stereocenters. The molecule has 2 fully saturated rings. The first-order chi connectivity index (χ1) is 17.2. The van der Waals surface area contributed by atoms with Crippen LogP contribution in [0.5, 0.6) is 5.88 Å². The monoisotopic (exact) mass is 588 g/mol. The number of fused-ring (bicyclic) bond motifs is 3. The molecule has 0 saturated carbocycles. The number of hydrogen-bond acceptors (Lipinski definition) is 14. The summed E-state index contributed by atoms with van der Waals surface area (Å²) in [5, 5.41) is 3.64. The molecule has 0 radical (unpaired) electrons. The summed E-state index contributed by atoms with van der Waals surface area (Å²) in [6.07, 6.45) is -0.758. The van der Waals surface area contributed by atoms with E-state index in [-0.39, 0.29) is 36.2 Å². The quantitative estimate of drug-likeness (QED) is 0.103. The molecule has 6 N–H and O–H groups in total. The molecule has 204 valence electrons. The van der Waals surface area contributed by atoms with Crippen molar-refractivity contribution < 1.29 is 60.6 Å². The lowest BCUT2D eigenvalue weighted by molar-refractivity contribution is -0.181. The van der Waals surface area contributed by atoms with Crippen molar-refractivity contribution in [3.63, 3.8) is 0 Å². The van der Waals surface area contributed by atoms with Crippen LogP contribution in [0.15, 0.2) is 11.4 Å². The zero-order valence-corrected chi connectivity index (χ0v) is 21.1. The Labute approximate surface area is 205 Å². The van der Waals surface area contributed by atoms with Crippen molar-refractivity contribution in [3.8, 4) is 5.88 Å². The minimum Gasteiger partial charge on any atom is -0.476 e. The van der Waals surface area contributed by atoms with Gasteiger partial charge in [0.15, 0.2) is 17.4 Å². The van der Waals surface area contributed by atoms with E-state index in [1.807, 2.05) is 0 Å². The van der Waals surface area contributed by atoms with Gasteiger partial charge in [-0.3, -0.25) is 9.09 Å². The summed E-state index contributed by atoms with van der Waals surface area (Å²) in [6, 6.07) is -1.15. The Morgan fingerprint density at radius 3 is 2.65 bits per heavy atom. The van der Waals surface area contributed by atoms with Crippen molar-refractivity contribution in [2.75, 3.05) is 25.6 Å². The fraction of sp³-hybridized carbons (Fsp3) is 0.615. The van der Waals surface area contributed by atoms with Gasteiger partial charge in [0.1, 0.15) is 17.7 Å². The molecule has 2 aliphatic rings. The van der Waals surface area contributed by atoms with E-state index in [1.165, 1.54) is 10.9 Å². The third-order valence-corrected chi connectivity index (χ3v) is 8.82. The second-order valence-electron chi connectivity index (χ2n) is 7.51. The van der Waals surface area contributed by atoms with Crippen molar-refractivity contribution in [1.29, 1.82) is 0 Å². The van der Waals surface area contributed by atoms with Crippen molar-refractivity contribution in [3.05, 3.63) is 16.8 Å². The lowest BCUT2D eigenvalue weighted by Crippen LogP contribution is -2.44. The molecule has 6 atom stereocenters. The van der Waals surface area contributed by atoms with Gasteiger partial charge in [-0.15, -0.1) is 0 Å². The van der Waals surface area contributed by atoms with Gasteiger partial charge < -0.3 is 39.5 Å². The molecule has 2 aliphatic heterocycles. The summed E-state index contributed by atoms with van der Waals surface area (Å²) < 4.78 is 65.2. The standard InChI is InChI=1S/C13H19N8O13P3/c1-2-29-10-6-9(17-12(14)18-10)21(5-16-6)11-7-8(19-20-15)13(32-11,3-30-7)4-31-36(25,26)34-37(27,28)33-35(22,23)24/h5,7-8,11H,2-4H2,1H3,(H,25,26)(H,27,28)(H2,14,17,18)(H2,22,23,24)/t7-,8+,11-,13-/m1/s1. The van der Waals surface area contributed by atoms with Crippen molar-refractivity contribution in [2.24, 2.45) is 5.11 Å². The van der Waals surface area contributed by atoms with E-state index in [0.717, 1.165) is 0 Å². The molecule has 2 bridgehead atoms. The number of phosphoric acid groups is 3. The number of aromatic nitrogens is 4. The lowest BCUT2D eigenvalue weighted by atomic mass is 9.98. The van der Waals surface area contributed by atoms with Crippen LogP contribution in [-0.4, -0.2) is 76.7 Å². The highest BCUT2D eigenvalue weighted by molar-refractivity contribution is 7.66. The zero-order valence-electron chi connectivity index (χ0n) is 18.4. The van der Waals surface area contributed by atoms with E-state index in [0.29, 0.717) is 0 Å². The largest absolute Gasteiger partial charge is 0.490 e. The number of imidazole rings is 1. The van der Waals surface area contributed by atoms with Crippen molar-refractivity contribution in [1.82, 2.24) is 19.5 Å². The number of nitrogens with two attached hydrogens (primary N) is 1. The summed E-state index contributed by atoms with van der Waals surface area (Å²) in [4.78, 5) is 51.5. The van der Waals surface area contributed by atoms with Crippen LogP contribution in [0, 0.1) is 0 Å². The molecule has 37 heavy (non-hydrogen) atoms. The second kappa shape index (κ2) is 9.83. The van der Waals surface area contributed by atoms with E-state index in [9.17, 15) is 23.5 Å². The number of hydrogen-bond donors (Lipinski definition) is 5. The highest BCUT2D eigenvalue weighted by Crippen LogP contribution is 2.66. The first kappa shape index (κ1) is 27.8. The third kappa shape index (κ3) is 5.79. The first-order valence-corrected chi connectivity index (χ1v) is 14.5. The highest BCUT2D eigenvalue weighted by Gasteiger charge is 2.63. The highest BCUT2D eigenvalue weighted by atomic mass is 31.3. The summed E-state index contributed by atoms with van der Waals surface area (Å²) in [5.74, 6) is -0.0439. The van der Waals surface area contributed by atoms with Crippen LogP contribution < -0.4 is 10.5 Å². The Kier molecular flexibility index (Phi) is 7.39. The van der Waals surface area contributed by atoms with Gasteiger partial charge in [0.05, 0.1) is 26.1 Å². The molecule has 24 heteroatoms. The fourth-order valence-corrected chi connectivity index (χ4v) is 6.87. The Balaban J connectivity index is 1.60. The molecule has 0 amide bonds. The first-order valence-electron chi connectivity index (χ1n) is 9.94. The van der Waals surface area contributed by atoms with Crippen LogP contribution in [0.2, 0.25) is 0 Å². The van der Waals surface area contributed by atoms with Gasteiger partial charge in [0, 0.05) is 4.91 Å². The van der Waals surface area contributed by atoms with E-state index < -0.39 is 54.0 Å². The predicted octanol–water partition coefficient (Wildman–Crippen LogP) is 0.496. The Hall–Kier alpha value is -2.21. The summed E-state index contributed by atoms with van der Waals surface area (Å²) in [6.45, 7) is 0.759. The van der Waals surface area contributed by atoms with E-state index >= 15 is 0 Å². The molecule has 21 nitrogen and oxygen atoms in total. The molecular formula is C13H19N8O13P3. The number of rotatable bonds is 11. The third-order valence-electron chi connectivity index (χ3n) is 5.03. The van der Waals surface area contributed by atoms with Gasteiger partial charge in [0.2, 0.25) is 11.8 Å². The summed E-state index contributed by atoms with van der Waals surface area (Å²) in [7, 11) is -16.8. The van der Waals surface area contributed by atoms with Gasteiger partial charge in [-0.1, -0.05) is 5.11 Å². The maximum Gasteiger partial charge on any atom is 0.490 e. The van der Waals surface area contributed by atoms with Crippen LogP contribution in [0.4, 0.5) is 5.95 Å². The molecule has 2 aromatic heterocycles. The predicted molar refractivity (Wildman–Crippen MR) is 116 cm³/mol. The Bertz CT molecular complexity index is 1390. The summed E-state index contributed by atoms with van der Waals surface area (Å²) in [5.41, 5.74) is 13.5. The van der Waals surface area contributed by atoms with Crippen LogP contribution in [-0.2, 0) is 36.3 Å². The van der Waals surface area contributed by atoms with Gasteiger partial charge in [0.25, 0.3) is 0 Å². The van der Waals surface area contributed by atoms with Crippen LogP contribution in [0.3, 0.4) is 0 Å². The van der Waals surface area contributed by atoms with Crippen LogP contribution >= 0.6 is 23.5 Å². The molecule has 0 aliphatic carbocycles. The Morgan fingerprint density at radius 1 is 1.27 bits per heavy atom. The molecule has 0 spiro atoms. The SMILES string of the molecule is CCOc1nc(N)nc2c1ncn2[C@@H]1O[C@@]2(COP(=O)(O)OP(=O)(O)OP(=O)(O)O)CO[C@@H]1[C@@H]2N=[N+]=[N-]. The minimum atomic E-state index is -5.74. The minimum absolute atomic E-state index is 0.0989. The molecular weight excluding hydrogens is 569 g/mol. The van der Waals surface area contributed by atoms with Gasteiger partial charge >= 0.3 is 23.5 Å². The topological polar surface area (TPSA) is 306 Å². The van der Waals surface area contributed by atoms with Gasteiger partial charge in [-0.2, -0.15) is 18.6 Å². The van der Waals surface area contributed by atoms with E-state index in [1.54, 1.807) is 6.92 Å². The number of anilines is 1. The van der Waals surface area contributed by atoms with Crippen LogP contribution in [0.1, 0.15) is 13.2 Å². The Morgan fingerprint density at radius 2 is 2.00 bits per heavy atom. The van der Waals surface area contributed by atoms with E-state index in [4.69, 9.17) is 39.8 Å². The normalized spacial score (nSPS) is 28.5. The fourth-order valence-electron chi connectivity index (χ4n) is 3.79. The average Bonchev–Trinajstić information content (AvgIpc) is 3.40. The number of phosphoric ester groups is 1. The van der Waals surface area contributed by atoms with Crippen LogP contribution in [0.25, 0.3) is 21.6 Å². The maximum atomic E-state index is 12.2. The number of nitrogen functional groups attached to an aromatic ring is 1. The van der Waals surface area contributed by atoms with Crippen molar-refractivity contribution in [2.45, 2.75) is 30.9 Å². The maximum absolute atomic E-state index is 12.2. The lowest BCUT2D eigenvalue weighted by Gasteiger charge is -2.31. The molecule has 0 aromatic carbocycles. The molecule has 4 rings (SSSR count). The van der Waals surface area contributed by atoms with Gasteiger partial charge in [-0.25, -0.2) is 18.7 Å². The smallest absolute Gasteiger partial charge is 0.476 e. The second-order valence-corrected chi connectivity index (χ2v) is 11.9. The van der Waals surface area contributed by atoms with Gasteiger partial charge in [-0.05, 0) is 12.5 Å². The molecule has 2 saturated heterocycles. The number of nitrogens with zero attached hydrogens (tertiary/aromatic N) is 7. The molecule has 4 heterocycles. The van der Waals surface area contributed by atoms with Crippen molar-refractivity contribution >= 4 is 40.6 Å². The number of azide groups is 1. The molecule has 2 aromatic rings. The average molecular weight is 588 g/mol. The summed E-state index contributed by atoms with van der Waals surface area (Å²) >= 11 is 0. The van der Waals surface area contributed by atoms with E-state index in [2.05, 4.69) is 33.6 Å².